The summed E-state index contributed by atoms with van der Waals surface area (Å²) in [6.45, 7) is 2.12. The van der Waals surface area contributed by atoms with Gasteiger partial charge in [-0.15, -0.1) is 0 Å². The molecule has 1 atom stereocenters. The van der Waals surface area contributed by atoms with Crippen LogP contribution in [0.3, 0.4) is 0 Å². The van der Waals surface area contributed by atoms with E-state index in [1.807, 2.05) is 47.4 Å². The minimum absolute atomic E-state index is 0.238. The molecule has 1 aromatic heterocycles. The lowest BCUT2D eigenvalue weighted by Gasteiger charge is -2.17. The molecule has 2 rings (SSSR count). The van der Waals surface area contributed by atoms with Crippen LogP contribution in [0.5, 0.6) is 5.75 Å². The normalized spacial score (nSPS) is 12.1. The van der Waals surface area contributed by atoms with Gasteiger partial charge in [-0.25, -0.2) is 0 Å². The Morgan fingerprint density at radius 2 is 1.94 bits per heavy atom. The third-order valence-corrected chi connectivity index (χ3v) is 2.54. The summed E-state index contributed by atoms with van der Waals surface area (Å²) in [5, 5.41) is 0. The molecular weight excluding hydrogens is 200 g/mol. The van der Waals surface area contributed by atoms with Crippen LogP contribution in [0, 0.1) is 0 Å². The largest absolute Gasteiger partial charge is 0.497 e. The molecule has 1 N–H and O–H groups in total. The van der Waals surface area contributed by atoms with Gasteiger partial charge in [-0.05, 0) is 36.8 Å². The highest BCUT2D eigenvalue weighted by molar-refractivity contribution is 5.31. The van der Waals surface area contributed by atoms with Crippen molar-refractivity contribution in [2.45, 2.75) is 13.0 Å². The van der Waals surface area contributed by atoms with Crippen LogP contribution in [-0.4, -0.2) is 11.8 Å². The second kappa shape index (κ2) is 4.75. The number of aromatic nitrogens is 1. The van der Waals surface area contributed by atoms with Crippen molar-refractivity contribution < 1.29 is 4.74 Å². The molecule has 0 bridgehead atoms. The maximum atomic E-state index is 5.21. The van der Waals surface area contributed by atoms with Gasteiger partial charge in [0.15, 0.2) is 0 Å². The van der Waals surface area contributed by atoms with Crippen LogP contribution in [-0.2, 0) is 0 Å². The minimum Gasteiger partial charge on any atom is -0.497 e. The maximum absolute atomic E-state index is 5.21. The van der Waals surface area contributed by atoms with E-state index in [9.17, 15) is 0 Å². The van der Waals surface area contributed by atoms with E-state index in [1.165, 1.54) is 5.56 Å². The standard InChI is InChI=1S/C13H16N2O/c1-11(14-15-8-3-4-9-15)12-6-5-7-13(10-12)16-2/h3-11,14H,1-2H3. The zero-order valence-corrected chi connectivity index (χ0v) is 9.55. The topological polar surface area (TPSA) is 26.2 Å². The SMILES string of the molecule is COc1cccc(C(C)Nn2cccc2)c1. The van der Waals surface area contributed by atoms with Crippen molar-refractivity contribution in [2.24, 2.45) is 0 Å². The first-order chi connectivity index (χ1) is 7.79. The number of nitrogens with zero attached hydrogens (tertiary/aromatic N) is 1. The summed E-state index contributed by atoms with van der Waals surface area (Å²) < 4.78 is 7.15. The van der Waals surface area contributed by atoms with Gasteiger partial charge in [0.1, 0.15) is 5.75 Å². The molecule has 1 aromatic carbocycles. The van der Waals surface area contributed by atoms with Gasteiger partial charge in [-0.1, -0.05) is 12.1 Å². The lowest BCUT2D eigenvalue weighted by molar-refractivity contribution is 0.414. The highest BCUT2D eigenvalue weighted by atomic mass is 16.5. The molecule has 0 aliphatic heterocycles. The summed E-state index contributed by atoms with van der Waals surface area (Å²) >= 11 is 0. The number of hydrogen-bond donors (Lipinski definition) is 1. The number of benzene rings is 1. The number of nitrogens with one attached hydrogen (secondary N) is 1. The van der Waals surface area contributed by atoms with Gasteiger partial charge in [0, 0.05) is 12.4 Å². The molecule has 16 heavy (non-hydrogen) atoms. The van der Waals surface area contributed by atoms with Crippen molar-refractivity contribution in [1.29, 1.82) is 0 Å². The van der Waals surface area contributed by atoms with E-state index in [0.717, 1.165) is 5.75 Å². The van der Waals surface area contributed by atoms with Gasteiger partial charge >= 0.3 is 0 Å². The van der Waals surface area contributed by atoms with Crippen molar-refractivity contribution in [3.8, 4) is 5.75 Å². The Hall–Kier alpha value is -1.90. The predicted molar refractivity (Wildman–Crippen MR) is 65.2 cm³/mol. The summed E-state index contributed by atoms with van der Waals surface area (Å²) in [6, 6.07) is 12.3. The van der Waals surface area contributed by atoms with Crippen LogP contribution < -0.4 is 10.2 Å². The molecule has 0 saturated heterocycles. The molecule has 2 aromatic rings. The second-order valence-electron chi connectivity index (χ2n) is 3.72. The average Bonchev–Trinajstić information content (AvgIpc) is 2.82. The first kappa shape index (κ1) is 10.6. The van der Waals surface area contributed by atoms with Crippen LogP contribution in [0.2, 0.25) is 0 Å². The summed E-state index contributed by atoms with van der Waals surface area (Å²) in [6.07, 6.45) is 3.97. The quantitative estimate of drug-likeness (QED) is 0.850. The van der Waals surface area contributed by atoms with E-state index < -0.39 is 0 Å². The average molecular weight is 216 g/mol. The fourth-order valence-corrected chi connectivity index (χ4v) is 1.63. The van der Waals surface area contributed by atoms with Gasteiger partial charge in [0.05, 0.1) is 13.2 Å². The van der Waals surface area contributed by atoms with Crippen LogP contribution in [0.1, 0.15) is 18.5 Å². The van der Waals surface area contributed by atoms with E-state index >= 15 is 0 Å². The van der Waals surface area contributed by atoms with Crippen LogP contribution >= 0.6 is 0 Å². The summed E-state index contributed by atoms with van der Waals surface area (Å²) in [5.74, 6) is 0.888. The zero-order chi connectivity index (χ0) is 11.4. The fourth-order valence-electron chi connectivity index (χ4n) is 1.63. The molecule has 0 amide bonds. The Bertz CT molecular complexity index is 437. The van der Waals surface area contributed by atoms with E-state index in [1.54, 1.807) is 7.11 Å². The Balaban J connectivity index is 2.11. The van der Waals surface area contributed by atoms with E-state index in [2.05, 4.69) is 18.4 Å². The third-order valence-electron chi connectivity index (χ3n) is 2.54. The molecule has 0 aliphatic rings. The minimum atomic E-state index is 0.238. The summed E-state index contributed by atoms with van der Waals surface area (Å²) in [7, 11) is 1.68. The van der Waals surface area contributed by atoms with Gasteiger partial charge in [0.25, 0.3) is 0 Å². The number of ether oxygens (including phenoxy) is 1. The van der Waals surface area contributed by atoms with Crippen LogP contribution in [0.15, 0.2) is 48.8 Å². The monoisotopic (exact) mass is 216 g/mol. The molecule has 0 spiro atoms. The molecule has 0 saturated carbocycles. The molecule has 3 nitrogen and oxygen atoms in total. The molecule has 0 aliphatic carbocycles. The number of methoxy groups -OCH3 is 1. The van der Waals surface area contributed by atoms with Crippen molar-refractivity contribution in [1.82, 2.24) is 4.68 Å². The smallest absolute Gasteiger partial charge is 0.119 e. The molecule has 0 radical (unpaired) electrons. The number of rotatable bonds is 4. The lowest BCUT2D eigenvalue weighted by Crippen LogP contribution is -2.16. The molecule has 0 fully saturated rings. The highest BCUT2D eigenvalue weighted by Crippen LogP contribution is 2.19. The van der Waals surface area contributed by atoms with Gasteiger partial charge in [0.2, 0.25) is 0 Å². The van der Waals surface area contributed by atoms with E-state index in [4.69, 9.17) is 4.74 Å². The molecule has 3 heteroatoms. The Morgan fingerprint density at radius 1 is 1.19 bits per heavy atom. The van der Waals surface area contributed by atoms with Crippen molar-refractivity contribution in [2.75, 3.05) is 12.5 Å². The maximum Gasteiger partial charge on any atom is 0.119 e. The summed E-state index contributed by atoms with van der Waals surface area (Å²) in [5.41, 5.74) is 4.55. The predicted octanol–water partition coefficient (Wildman–Crippen LogP) is 2.80. The Morgan fingerprint density at radius 3 is 2.62 bits per heavy atom. The van der Waals surface area contributed by atoms with Crippen LogP contribution in [0.25, 0.3) is 0 Å². The molecular formula is C13H16N2O. The molecule has 1 heterocycles. The first-order valence-corrected chi connectivity index (χ1v) is 5.33. The lowest BCUT2D eigenvalue weighted by atomic mass is 10.1. The van der Waals surface area contributed by atoms with Gasteiger partial charge < -0.3 is 10.2 Å². The summed E-state index contributed by atoms with van der Waals surface area (Å²) in [4.78, 5) is 0. The van der Waals surface area contributed by atoms with Crippen molar-refractivity contribution >= 4 is 0 Å². The van der Waals surface area contributed by atoms with E-state index in [-0.39, 0.29) is 6.04 Å². The number of hydrogen-bond acceptors (Lipinski definition) is 2. The Labute approximate surface area is 95.6 Å². The molecule has 84 valence electrons. The Kier molecular flexibility index (Phi) is 3.15. The third kappa shape index (κ3) is 2.37. The van der Waals surface area contributed by atoms with Crippen molar-refractivity contribution in [3.63, 3.8) is 0 Å². The van der Waals surface area contributed by atoms with E-state index in [0.29, 0.717) is 0 Å². The molecule has 1 unspecified atom stereocenters. The zero-order valence-electron chi connectivity index (χ0n) is 9.55. The van der Waals surface area contributed by atoms with Gasteiger partial charge in [-0.2, -0.15) is 0 Å². The highest BCUT2D eigenvalue weighted by Gasteiger charge is 2.05. The van der Waals surface area contributed by atoms with Crippen molar-refractivity contribution in [3.05, 3.63) is 54.4 Å². The fraction of sp³-hybridized carbons (Fsp3) is 0.231. The van der Waals surface area contributed by atoms with Crippen LogP contribution in [0.4, 0.5) is 0 Å². The first-order valence-electron chi connectivity index (χ1n) is 5.33. The van der Waals surface area contributed by atoms with Gasteiger partial charge in [-0.3, -0.25) is 4.68 Å². The second-order valence-corrected chi connectivity index (χ2v) is 3.72.